The lowest BCUT2D eigenvalue weighted by Gasteiger charge is -2.23. The van der Waals surface area contributed by atoms with E-state index in [1.165, 1.54) is 0 Å². The maximum Gasteiger partial charge on any atom is 0.103 e. The maximum atomic E-state index is 5.66. The zero-order valence-corrected chi connectivity index (χ0v) is 12.5. The second-order valence-electron chi connectivity index (χ2n) is 5.60. The zero-order valence-electron chi connectivity index (χ0n) is 11.0. The molecule has 0 amide bonds. The van der Waals surface area contributed by atoms with Gasteiger partial charge in [-0.05, 0) is 25.6 Å². The standard InChI is InChI=1S/C10H21ClN5.ClH/c1-10(2,13-11)9-8-15(14-12-9)6-7-16(3,4)5;/h8,13H,6-7H2,1-5H3;1H/q+1;/p-1. The molecule has 0 unspecified atom stereocenters. The number of hydrogen-bond acceptors (Lipinski definition) is 3. The Hall–Kier alpha value is -0.360. The molecule has 1 aromatic heterocycles. The molecule has 0 saturated heterocycles. The van der Waals surface area contributed by atoms with Gasteiger partial charge < -0.3 is 16.9 Å². The van der Waals surface area contributed by atoms with Crippen molar-refractivity contribution in [1.82, 2.24) is 19.8 Å². The average Bonchev–Trinajstić information content (AvgIpc) is 2.62. The summed E-state index contributed by atoms with van der Waals surface area (Å²) in [6, 6.07) is 0. The fourth-order valence-electron chi connectivity index (χ4n) is 1.14. The second-order valence-corrected chi connectivity index (χ2v) is 5.79. The summed E-state index contributed by atoms with van der Waals surface area (Å²) < 4.78 is 2.77. The van der Waals surface area contributed by atoms with E-state index in [1.54, 1.807) is 0 Å². The summed E-state index contributed by atoms with van der Waals surface area (Å²) in [4.78, 5) is 2.70. The molecule has 17 heavy (non-hydrogen) atoms. The molecule has 0 aliphatic heterocycles. The van der Waals surface area contributed by atoms with Crippen LogP contribution in [0, 0.1) is 0 Å². The Labute approximate surface area is 114 Å². The Morgan fingerprint density at radius 1 is 1.41 bits per heavy atom. The van der Waals surface area contributed by atoms with Crippen LogP contribution in [0.3, 0.4) is 0 Å². The maximum absolute atomic E-state index is 5.66. The van der Waals surface area contributed by atoms with Gasteiger partial charge in [-0.25, -0.2) is 9.52 Å². The summed E-state index contributed by atoms with van der Waals surface area (Å²) in [7, 11) is 6.46. The molecular formula is C10H21Cl2N5. The molecule has 0 aliphatic rings. The lowest BCUT2D eigenvalue weighted by Crippen LogP contribution is -3.00. The predicted octanol–water partition coefficient (Wildman–Crippen LogP) is -2.03. The Morgan fingerprint density at radius 2 is 2.00 bits per heavy atom. The zero-order chi connectivity index (χ0) is 12.4. The van der Waals surface area contributed by atoms with Crippen molar-refractivity contribution in [2.45, 2.75) is 25.9 Å². The molecule has 0 aliphatic carbocycles. The van der Waals surface area contributed by atoms with Crippen molar-refractivity contribution in [2.24, 2.45) is 0 Å². The Balaban J connectivity index is 0.00000256. The monoisotopic (exact) mass is 281 g/mol. The van der Waals surface area contributed by atoms with E-state index in [0.29, 0.717) is 0 Å². The first kappa shape index (κ1) is 16.6. The number of quaternary nitrogens is 1. The summed E-state index contributed by atoms with van der Waals surface area (Å²) in [6.07, 6.45) is 1.94. The number of nitrogens with zero attached hydrogens (tertiary/aromatic N) is 4. The first-order valence-electron chi connectivity index (χ1n) is 5.33. The van der Waals surface area contributed by atoms with E-state index in [-0.39, 0.29) is 17.9 Å². The van der Waals surface area contributed by atoms with Crippen molar-refractivity contribution in [2.75, 3.05) is 27.7 Å². The van der Waals surface area contributed by atoms with Gasteiger partial charge in [0, 0.05) is 0 Å². The van der Waals surface area contributed by atoms with Gasteiger partial charge in [0.05, 0.1) is 46.0 Å². The van der Waals surface area contributed by atoms with Crippen LogP contribution in [-0.4, -0.2) is 47.2 Å². The van der Waals surface area contributed by atoms with Crippen LogP contribution in [-0.2, 0) is 12.1 Å². The molecule has 0 saturated carbocycles. The minimum Gasteiger partial charge on any atom is -1.00 e. The largest absolute Gasteiger partial charge is 1.00 e. The van der Waals surface area contributed by atoms with Crippen molar-refractivity contribution in [1.29, 1.82) is 0 Å². The third-order valence-electron chi connectivity index (χ3n) is 2.42. The van der Waals surface area contributed by atoms with Crippen LogP contribution in [0.15, 0.2) is 6.20 Å². The minimum atomic E-state index is -0.351. The van der Waals surface area contributed by atoms with E-state index in [9.17, 15) is 0 Å². The SMILES string of the molecule is CC(C)(NCl)c1cn(CC[N+](C)(C)C)nn1.[Cl-]. The van der Waals surface area contributed by atoms with Crippen molar-refractivity contribution in [3.63, 3.8) is 0 Å². The molecule has 0 radical (unpaired) electrons. The molecule has 0 fully saturated rings. The van der Waals surface area contributed by atoms with E-state index in [1.807, 2.05) is 24.7 Å². The van der Waals surface area contributed by atoms with Crippen molar-refractivity contribution in [3.05, 3.63) is 11.9 Å². The van der Waals surface area contributed by atoms with E-state index in [2.05, 4.69) is 36.3 Å². The third-order valence-corrected chi connectivity index (χ3v) is 2.89. The second kappa shape index (κ2) is 6.00. The molecule has 1 N–H and O–H groups in total. The van der Waals surface area contributed by atoms with Crippen molar-refractivity contribution >= 4 is 11.8 Å². The molecule has 0 aromatic carbocycles. The van der Waals surface area contributed by atoms with Gasteiger partial charge in [0.15, 0.2) is 0 Å². The summed E-state index contributed by atoms with van der Waals surface area (Å²) in [5.74, 6) is 0. The van der Waals surface area contributed by atoms with Crippen molar-refractivity contribution in [3.8, 4) is 0 Å². The molecular weight excluding hydrogens is 261 g/mol. The minimum absolute atomic E-state index is 0. The number of likely N-dealkylation sites (N-methyl/N-ethyl adjacent to an activating group) is 1. The highest BCUT2D eigenvalue weighted by molar-refractivity contribution is 6.13. The number of halogens is 2. The highest BCUT2D eigenvalue weighted by Gasteiger charge is 2.23. The molecule has 0 atom stereocenters. The van der Waals surface area contributed by atoms with Crippen LogP contribution < -0.4 is 17.2 Å². The number of nitrogens with one attached hydrogen (secondary N) is 1. The Bertz CT molecular complexity index is 343. The molecule has 5 nitrogen and oxygen atoms in total. The van der Waals surface area contributed by atoms with E-state index in [4.69, 9.17) is 11.8 Å². The lowest BCUT2D eigenvalue weighted by atomic mass is 10.0. The van der Waals surface area contributed by atoms with Crippen molar-refractivity contribution < 1.29 is 16.9 Å². The van der Waals surface area contributed by atoms with Gasteiger partial charge in [-0.15, -0.1) is 5.10 Å². The van der Waals surface area contributed by atoms with E-state index < -0.39 is 0 Å². The highest BCUT2D eigenvalue weighted by Crippen LogP contribution is 2.17. The number of aromatic nitrogens is 3. The lowest BCUT2D eigenvalue weighted by molar-refractivity contribution is -0.871. The summed E-state index contributed by atoms with van der Waals surface area (Å²) in [5.41, 5.74) is 0.500. The van der Waals surface area contributed by atoms with Gasteiger partial charge in [-0.3, -0.25) is 0 Å². The number of rotatable bonds is 5. The summed E-state index contributed by atoms with van der Waals surface area (Å²) in [6.45, 7) is 5.80. The predicted molar refractivity (Wildman–Crippen MR) is 64.9 cm³/mol. The van der Waals surface area contributed by atoms with Gasteiger partial charge in [0.1, 0.15) is 5.69 Å². The Morgan fingerprint density at radius 3 is 2.47 bits per heavy atom. The smallest absolute Gasteiger partial charge is 0.103 e. The van der Waals surface area contributed by atoms with Gasteiger partial charge in [-0.2, -0.15) is 0 Å². The van der Waals surface area contributed by atoms with Gasteiger partial charge in [-0.1, -0.05) is 5.21 Å². The molecule has 0 spiro atoms. The molecule has 0 bridgehead atoms. The van der Waals surface area contributed by atoms with Gasteiger partial charge in [0.2, 0.25) is 0 Å². The summed E-state index contributed by atoms with van der Waals surface area (Å²) >= 11 is 5.66. The number of hydrogen-bond donors (Lipinski definition) is 1. The average molecular weight is 282 g/mol. The quantitative estimate of drug-likeness (QED) is 0.500. The summed E-state index contributed by atoms with van der Waals surface area (Å²) in [5, 5.41) is 8.21. The molecule has 1 rings (SSSR count). The van der Waals surface area contributed by atoms with Crippen LogP contribution in [0.2, 0.25) is 0 Å². The van der Waals surface area contributed by atoms with E-state index in [0.717, 1.165) is 23.3 Å². The van der Waals surface area contributed by atoms with E-state index >= 15 is 0 Å². The Kier molecular flexibility index (Phi) is 5.87. The topological polar surface area (TPSA) is 42.7 Å². The van der Waals surface area contributed by atoms with Crippen LogP contribution >= 0.6 is 11.8 Å². The molecule has 1 aromatic rings. The normalized spacial score (nSPS) is 12.4. The fourth-order valence-corrected chi connectivity index (χ4v) is 1.24. The molecule has 100 valence electrons. The highest BCUT2D eigenvalue weighted by atomic mass is 35.5. The van der Waals surface area contributed by atoms with Crippen LogP contribution in [0.1, 0.15) is 19.5 Å². The first-order chi connectivity index (χ1) is 7.24. The van der Waals surface area contributed by atoms with Crippen LogP contribution in [0.4, 0.5) is 0 Å². The first-order valence-corrected chi connectivity index (χ1v) is 5.71. The fraction of sp³-hybridized carbons (Fsp3) is 0.800. The molecule has 7 heteroatoms. The van der Waals surface area contributed by atoms with Crippen LogP contribution in [0.5, 0.6) is 0 Å². The van der Waals surface area contributed by atoms with Crippen LogP contribution in [0.25, 0.3) is 0 Å². The molecule has 1 heterocycles. The van der Waals surface area contributed by atoms with Gasteiger partial charge in [0.25, 0.3) is 0 Å². The van der Waals surface area contributed by atoms with Gasteiger partial charge >= 0.3 is 0 Å². The third kappa shape index (κ3) is 5.21.